The largest absolute Gasteiger partial charge is 0.324 e. The van der Waals surface area contributed by atoms with Crippen LogP contribution >= 0.6 is 0 Å². The van der Waals surface area contributed by atoms with E-state index in [1.54, 1.807) is 4.57 Å². The van der Waals surface area contributed by atoms with Crippen molar-refractivity contribution in [1.29, 1.82) is 0 Å². The Morgan fingerprint density at radius 3 is 2.42 bits per heavy atom. The molecule has 196 valence electrons. The van der Waals surface area contributed by atoms with Gasteiger partial charge in [-0.05, 0) is 74.2 Å². The lowest BCUT2D eigenvalue weighted by Crippen LogP contribution is -2.29. The Kier molecular flexibility index (Phi) is 7.76. The van der Waals surface area contributed by atoms with E-state index in [4.69, 9.17) is 4.84 Å². The average Bonchev–Trinajstić information content (AvgIpc) is 3.47. The number of aryl methyl sites for hydroxylation is 1. The number of aromatic nitrogens is 3. The third-order valence-electron chi connectivity index (χ3n) is 6.93. The summed E-state index contributed by atoms with van der Waals surface area (Å²) in [7, 11) is 1.32. The minimum Gasteiger partial charge on any atom is -0.324 e. The molecule has 4 aromatic rings. The predicted molar refractivity (Wildman–Crippen MR) is 148 cm³/mol. The number of amides is 1. The number of rotatable bonds is 9. The van der Waals surface area contributed by atoms with Crippen LogP contribution in [0.25, 0.3) is 16.7 Å². The van der Waals surface area contributed by atoms with E-state index in [-0.39, 0.29) is 10.9 Å². The lowest BCUT2D eigenvalue weighted by Gasteiger charge is -2.15. The molecular weight excluding hydrogens is 480 g/mol. The number of hydroxylamine groups is 1. The summed E-state index contributed by atoms with van der Waals surface area (Å²) >= 11 is 0. The number of hydrogen-bond acceptors (Lipinski definition) is 7. The molecule has 2 N–H and O–H groups in total. The van der Waals surface area contributed by atoms with Crippen LogP contribution in [0, 0.1) is 0 Å². The van der Waals surface area contributed by atoms with Gasteiger partial charge in [0.1, 0.15) is 5.56 Å². The van der Waals surface area contributed by atoms with Crippen LogP contribution in [0.4, 0.5) is 11.6 Å². The zero-order valence-corrected chi connectivity index (χ0v) is 21.7. The van der Waals surface area contributed by atoms with Crippen molar-refractivity contribution < 1.29 is 9.63 Å². The lowest BCUT2D eigenvalue weighted by atomic mass is 10.1. The molecule has 2 aromatic carbocycles. The fraction of sp³-hybridized carbons (Fsp3) is 0.310. The first kappa shape index (κ1) is 25.6. The molecule has 0 atom stereocenters. The third-order valence-corrected chi connectivity index (χ3v) is 6.93. The van der Waals surface area contributed by atoms with E-state index in [0.29, 0.717) is 11.6 Å². The van der Waals surface area contributed by atoms with Crippen LogP contribution in [-0.2, 0) is 17.7 Å². The number of carbonyl (C=O) groups is 1. The highest BCUT2D eigenvalue weighted by Crippen LogP contribution is 2.20. The van der Waals surface area contributed by atoms with Gasteiger partial charge in [-0.15, -0.1) is 0 Å². The summed E-state index contributed by atoms with van der Waals surface area (Å²) in [4.78, 5) is 42.0. The number of anilines is 2. The average molecular weight is 513 g/mol. The molecular formula is C29H32N6O3. The summed E-state index contributed by atoms with van der Waals surface area (Å²) in [5.74, 6) is -0.278. The van der Waals surface area contributed by atoms with Crippen LogP contribution in [0.1, 0.15) is 41.3 Å². The number of pyridine rings is 1. The smallest absolute Gasteiger partial charge is 0.280 e. The number of carbonyl (C=O) groups excluding carboxylic acids is 1. The molecule has 1 saturated heterocycles. The number of hydrogen-bond donors (Lipinski definition) is 2. The molecule has 0 bridgehead atoms. The quantitative estimate of drug-likeness (QED) is 0.327. The number of fused-ring (bicyclic) bond motifs is 1. The van der Waals surface area contributed by atoms with Crippen LogP contribution < -0.4 is 16.2 Å². The van der Waals surface area contributed by atoms with E-state index in [1.165, 1.54) is 56.6 Å². The molecule has 3 heterocycles. The van der Waals surface area contributed by atoms with E-state index in [0.717, 1.165) is 30.8 Å². The van der Waals surface area contributed by atoms with Crippen LogP contribution in [0.2, 0.25) is 0 Å². The second-order valence-corrected chi connectivity index (χ2v) is 9.45. The van der Waals surface area contributed by atoms with Gasteiger partial charge in [-0.1, -0.05) is 31.2 Å². The molecule has 0 unspecified atom stereocenters. The fourth-order valence-corrected chi connectivity index (χ4v) is 4.75. The van der Waals surface area contributed by atoms with E-state index in [9.17, 15) is 9.59 Å². The molecule has 0 aliphatic carbocycles. The fourth-order valence-electron chi connectivity index (χ4n) is 4.75. The summed E-state index contributed by atoms with van der Waals surface area (Å²) in [6.45, 7) is 5.57. The summed E-state index contributed by atoms with van der Waals surface area (Å²) in [5.41, 5.74) is 6.18. The molecule has 38 heavy (non-hydrogen) atoms. The highest BCUT2D eigenvalue weighted by molar-refractivity contribution is 5.96. The topological polar surface area (TPSA) is 101 Å². The normalized spacial score (nSPS) is 13.6. The maximum Gasteiger partial charge on any atom is 0.280 e. The molecule has 1 fully saturated rings. The van der Waals surface area contributed by atoms with Gasteiger partial charge >= 0.3 is 0 Å². The number of likely N-dealkylation sites (tertiary alicyclic amines) is 1. The molecule has 1 aliphatic heterocycles. The van der Waals surface area contributed by atoms with Crippen LogP contribution in [0.5, 0.6) is 0 Å². The minimum atomic E-state index is -0.634. The number of nitrogens with one attached hydrogen (secondary N) is 2. The predicted octanol–water partition coefficient (Wildman–Crippen LogP) is 4.02. The standard InChI is InChI=1S/C29H32N6O3/c1-3-20-8-12-23(13-9-20)35-19-25(28(37)33-38-2)26(36)24-18-30-29(32-27(24)35)31-22-10-6-21(7-11-22)14-17-34-15-4-5-16-34/h6-13,18-19H,3-5,14-17H2,1-2H3,(H,33,37)(H,30,31,32). The van der Waals surface area contributed by atoms with Gasteiger partial charge in [0, 0.05) is 30.3 Å². The zero-order chi connectivity index (χ0) is 26.5. The molecule has 0 saturated carbocycles. The third kappa shape index (κ3) is 5.58. The van der Waals surface area contributed by atoms with Crippen LogP contribution in [0.3, 0.4) is 0 Å². The summed E-state index contributed by atoms with van der Waals surface area (Å²) in [6.07, 6.45) is 7.47. The molecule has 9 nitrogen and oxygen atoms in total. The van der Waals surface area contributed by atoms with Gasteiger partial charge in [0.05, 0.1) is 12.5 Å². The molecule has 0 radical (unpaired) electrons. The molecule has 0 spiro atoms. The summed E-state index contributed by atoms with van der Waals surface area (Å²) in [6, 6.07) is 16.2. The Labute approximate surface area is 221 Å². The first-order valence-corrected chi connectivity index (χ1v) is 13.0. The lowest BCUT2D eigenvalue weighted by molar-refractivity contribution is 0.0536. The molecule has 1 aliphatic rings. The van der Waals surface area contributed by atoms with Gasteiger partial charge < -0.3 is 14.8 Å². The van der Waals surface area contributed by atoms with Crippen molar-refractivity contribution in [3.05, 3.63) is 87.8 Å². The van der Waals surface area contributed by atoms with Crippen LogP contribution in [-0.4, -0.2) is 52.1 Å². The van der Waals surface area contributed by atoms with Crippen molar-refractivity contribution in [2.24, 2.45) is 0 Å². The van der Waals surface area contributed by atoms with Gasteiger partial charge in [0.2, 0.25) is 11.4 Å². The van der Waals surface area contributed by atoms with Crippen molar-refractivity contribution in [3.8, 4) is 5.69 Å². The van der Waals surface area contributed by atoms with Gasteiger partial charge in [0.15, 0.2) is 5.65 Å². The zero-order valence-electron chi connectivity index (χ0n) is 21.7. The van der Waals surface area contributed by atoms with Crippen molar-refractivity contribution in [2.45, 2.75) is 32.6 Å². The van der Waals surface area contributed by atoms with Gasteiger partial charge in [0.25, 0.3) is 5.91 Å². The Morgan fingerprint density at radius 2 is 1.74 bits per heavy atom. The second-order valence-electron chi connectivity index (χ2n) is 9.45. The van der Waals surface area contributed by atoms with E-state index in [1.807, 2.05) is 36.4 Å². The van der Waals surface area contributed by atoms with Crippen molar-refractivity contribution in [3.63, 3.8) is 0 Å². The highest BCUT2D eigenvalue weighted by Gasteiger charge is 2.18. The number of benzene rings is 2. The van der Waals surface area contributed by atoms with E-state index in [2.05, 4.69) is 44.7 Å². The first-order chi connectivity index (χ1) is 18.6. The highest BCUT2D eigenvalue weighted by atomic mass is 16.6. The molecule has 9 heteroatoms. The first-order valence-electron chi connectivity index (χ1n) is 13.0. The second kappa shape index (κ2) is 11.5. The van der Waals surface area contributed by atoms with Gasteiger partial charge in [-0.25, -0.2) is 10.5 Å². The van der Waals surface area contributed by atoms with Crippen molar-refractivity contribution in [1.82, 2.24) is 24.9 Å². The number of nitrogens with zero attached hydrogens (tertiary/aromatic N) is 4. The van der Waals surface area contributed by atoms with Crippen LogP contribution in [0.15, 0.2) is 65.7 Å². The van der Waals surface area contributed by atoms with Gasteiger partial charge in [-0.2, -0.15) is 4.98 Å². The van der Waals surface area contributed by atoms with E-state index < -0.39 is 11.3 Å². The Hall–Kier alpha value is -4.08. The molecule has 2 aromatic heterocycles. The molecule has 5 rings (SSSR count). The molecule has 1 amide bonds. The Bertz CT molecular complexity index is 1480. The minimum absolute atomic E-state index is 0.0623. The Balaban J connectivity index is 1.46. The maximum atomic E-state index is 13.2. The SMILES string of the molecule is CCc1ccc(-n2cc(C(=O)NOC)c(=O)c3cnc(Nc4ccc(CCN5CCCC5)cc4)nc32)cc1. The van der Waals surface area contributed by atoms with E-state index >= 15 is 0 Å². The summed E-state index contributed by atoms with van der Waals surface area (Å²) < 4.78 is 1.73. The monoisotopic (exact) mass is 512 g/mol. The van der Waals surface area contributed by atoms with Crippen molar-refractivity contribution >= 4 is 28.6 Å². The van der Waals surface area contributed by atoms with Crippen molar-refractivity contribution in [2.75, 3.05) is 32.1 Å². The Morgan fingerprint density at radius 1 is 1.03 bits per heavy atom. The summed E-state index contributed by atoms with van der Waals surface area (Å²) in [5, 5.41) is 3.48. The van der Waals surface area contributed by atoms with Gasteiger partial charge in [-0.3, -0.25) is 14.4 Å². The maximum absolute atomic E-state index is 13.2.